The van der Waals surface area contributed by atoms with Gasteiger partial charge in [-0.05, 0) is 24.6 Å². The van der Waals surface area contributed by atoms with E-state index in [-0.39, 0.29) is 13.2 Å². The molecule has 0 saturated heterocycles. The van der Waals surface area contributed by atoms with E-state index in [0.717, 1.165) is 15.6 Å². The first kappa shape index (κ1) is 23.0. The van der Waals surface area contributed by atoms with Crippen LogP contribution in [0.4, 0.5) is 0 Å². The molecule has 0 fully saturated rings. The molecule has 1 heterocycles. The Morgan fingerprint density at radius 2 is 1.86 bits per heavy atom. The van der Waals surface area contributed by atoms with Crippen molar-refractivity contribution in [3.63, 3.8) is 0 Å². The molecule has 0 unspecified atom stereocenters. The van der Waals surface area contributed by atoms with Gasteiger partial charge in [0.15, 0.2) is 0 Å². The molecule has 0 aliphatic rings. The number of rotatable bonds is 11. The Bertz CT molecular complexity index is 862. The van der Waals surface area contributed by atoms with Gasteiger partial charge < -0.3 is 9.47 Å². The van der Waals surface area contributed by atoms with Gasteiger partial charge in [-0.25, -0.2) is 0 Å². The van der Waals surface area contributed by atoms with E-state index in [2.05, 4.69) is 9.71 Å². The van der Waals surface area contributed by atoms with E-state index in [4.69, 9.17) is 9.47 Å². The maximum absolute atomic E-state index is 12.7. The normalized spacial score (nSPS) is 13.8. The summed E-state index contributed by atoms with van der Waals surface area (Å²) >= 11 is 0. The minimum atomic E-state index is -3.94. The summed E-state index contributed by atoms with van der Waals surface area (Å²) in [5.41, 5.74) is 1.69. The van der Waals surface area contributed by atoms with Gasteiger partial charge in [0.1, 0.15) is 6.04 Å². The van der Waals surface area contributed by atoms with Gasteiger partial charge >= 0.3 is 5.97 Å². The summed E-state index contributed by atoms with van der Waals surface area (Å²) in [6.07, 6.45) is 1.36. The van der Waals surface area contributed by atoms with Crippen LogP contribution < -0.4 is 4.72 Å². The Balaban J connectivity index is 2.00. The van der Waals surface area contributed by atoms with Gasteiger partial charge in [0, 0.05) is 31.9 Å². The molecule has 0 aliphatic heterocycles. The van der Waals surface area contributed by atoms with E-state index in [1.165, 1.54) is 14.2 Å². The van der Waals surface area contributed by atoms with Gasteiger partial charge in [0.05, 0.1) is 19.8 Å². The van der Waals surface area contributed by atoms with E-state index < -0.39 is 28.3 Å². The smallest absolute Gasteiger partial charge is 0.326 e. The lowest BCUT2D eigenvalue weighted by Crippen LogP contribution is -2.53. The number of esters is 1. The first-order chi connectivity index (χ1) is 13.8. The SMILES string of the molecule is COC(=O)[C@@H](NS(=O)(=O)N(C)CCc1ccccn1)[C@@H](C)OCc1ccccc1. The summed E-state index contributed by atoms with van der Waals surface area (Å²) in [5, 5.41) is 0. The van der Waals surface area contributed by atoms with Crippen LogP contribution >= 0.6 is 0 Å². The summed E-state index contributed by atoms with van der Waals surface area (Å²) in [6, 6.07) is 13.7. The largest absolute Gasteiger partial charge is 0.468 e. The Morgan fingerprint density at radius 3 is 2.48 bits per heavy atom. The van der Waals surface area contributed by atoms with E-state index in [0.29, 0.717) is 6.42 Å². The zero-order valence-electron chi connectivity index (χ0n) is 16.8. The van der Waals surface area contributed by atoms with Gasteiger partial charge in [-0.15, -0.1) is 0 Å². The molecule has 1 aromatic heterocycles. The molecular weight excluding hydrogens is 394 g/mol. The number of benzene rings is 1. The molecule has 1 N–H and O–H groups in total. The van der Waals surface area contributed by atoms with Crippen LogP contribution in [0.5, 0.6) is 0 Å². The molecule has 1 aromatic carbocycles. The Hall–Kier alpha value is -2.33. The third kappa shape index (κ3) is 7.21. The van der Waals surface area contributed by atoms with Crippen molar-refractivity contribution in [2.24, 2.45) is 0 Å². The monoisotopic (exact) mass is 421 g/mol. The van der Waals surface area contributed by atoms with Gasteiger partial charge in [0.25, 0.3) is 10.2 Å². The summed E-state index contributed by atoms with van der Waals surface area (Å²) < 4.78 is 39.4. The highest BCUT2D eigenvalue weighted by molar-refractivity contribution is 7.87. The molecule has 0 radical (unpaired) electrons. The minimum absolute atomic E-state index is 0.208. The number of methoxy groups -OCH3 is 1. The molecule has 0 spiro atoms. The minimum Gasteiger partial charge on any atom is -0.468 e. The van der Waals surface area contributed by atoms with Crippen molar-refractivity contribution >= 4 is 16.2 Å². The zero-order valence-corrected chi connectivity index (χ0v) is 17.6. The number of nitrogens with one attached hydrogen (secondary N) is 1. The molecule has 8 nitrogen and oxygen atoms in total. The molecule has 158 valence electrons. The third-order valence-corrected chi connectivity index (χ3v) is 5.93. The maximum Gasteiger partial charge on any atom is 0.326 e. The Morgan fingerprint density at radius 1 is 1.17 bits per heavy atom. The fourth-order valence-corrected chi connectivity index (χ4v) is 3.67. The first-order valence-corrected chi connectivity index (χ1v) is 10.6. The van der Waals surface area contributed by atoms with Gasteiger partial charge in [-0.2, -0.15) is 17.4 Å². The summed E-state index contributed by atoms with van der Waals surface area (Å²) in [5.74, 6) is -0.715. The summed E-state index contributed by atoms with van der Waals surface area (Å²) in [7, 11) is -1.29. The average molecular weight is 422 g/mol. The molecule has 2 aromatic rings. The third-order valence-electron chi connectivity index (χ3n) is 4.38. The van der Waals surface area contributed by atoms with E-state index in [1.807, 2.05) is 42.5 Å². The fraction of sp³-hybridized carbons (Fsp3) is 0.400. The van der Waals surface area contributed by atoms with Crippen molar-refractivity contribution in [1.82, 2.24) is 14.0 Å². The standard InChI is InChI=1S/C20H27N3O5S/c1-16(28-15-17-9-5-4-6-10-17)19(20(24)27-3)22-29(25,26)23(2)14-12-18-11-7-8-13-21-18/h4-11,13,16,19,22H,12,14-15H2,1-3H3/t16-,19+/m1/s1. The molecule has 0 aliphatic carbocycles. The van der Waals surface area contributed by atoms with Crippen molar-refractivity contribution in [2.45, 2.75) is 32.1 Å². The van der Waals surface area contributed by atoms with Crippen molar-refractivity contribution in [1.29, 1.82) is 0 Å². The van der Waals surface area contributed by atoms with Crippen LogP contribution in [0.15, 0.2) is 54.7 Å². The number of likely N-dealkylation sites (N-methyl/N-ethyl adjacent to an activating group) is 1. The predicted molar refractivity (Wildman–Crippen MR) is 109 cm³/mol. The number of hydrogen-bond acceptors (Lipinski definition) is 6. The lowest BCUT2D eigenvalue weighted by Gasteiger charge is -2.26. The number of pyridine rings is 1. The van der Waals surface area contributed by atoms with Gasteiger partial charge in [-0.3, -0.25) is 9.78 Å². The van der Waals surface area contributed by atoms with Gasteiger partial charge in [0.2, 0.25) is 0 Å². The van der Waals surface area contributed by atoms with E-state index >= 15 is 0 Å². The number of carbonyl (C=O) groups is 1. The molecule has 9 heteroatoms. The van der Waals surface area contributed by atoms with Crippen LogP contribution in [0.2, 0.25) is 0 Å². The molecule has 0 saturated carbocycles. The number of hydrogen-bond donors (Lipinski definition) is 1. The second kappa shape index (κ2) is 11.0. The maximum atomic E-state index is 12.7. The van der Waals surface area contributed by atoms with Crippen LogP contribution in [0.3, 0.4) is 0 Å². The average Bonchev–Trinajstić information content (AvgIpc) is 2.75. The quantitative estimate of drug-likeness (QED) is 0.553. The highest BCUT2D eigenvalue weighted by atomic mass is 32.2. The second-order valence-corrected chi connectivity index (χ2v) is 8.33. The molecule has 0 amide bonds. The lowest BCUT2D eigenvalue weighted by atomic mass is 10.2. The number of ether oxygens (including phenoxy) is 2. The predicted octanol–water partition coefficient (Wildman–Crippen LogP) is 1.54. The van der Waals surface area contributed by atoms with Crippen molar-refractivity contribution in [2.75, 3.05) is 20.7 Å². The van der Waals surface area contributed by atoms with Crippen LogP contribution in [-0.4, -0.2) is 56.5 Å². The molecule has 0 bridgehead atoms. The summed E-state index contributed by atoms with van der Waals surface area (Å²) in [6.45, 7) is 2.08. The first-order valence-electron chi connectivity index (χ1n) is 9.20. The van der Waals surface area contributed by atoms with E-state index in [9.17, 15) is 13.2 Å². The van der Waals surface area contributed by atoms with Crippen molar-refractivity contribution in [3.8, 4) is 0 Å². The Kier molecular flexibility index (Phi) is 8.71. The lowest BCUT2D eigenvalue weighted by molar-refractivity contribution is -0.146. The van der Waals surface area contributed by atoms with E-state index in [1.54, 1.807) is 19.2 Å². The molecular formula is C20H27N3O5S. The zero-order chi connectivity index (χ0) is 21.3. The molecule has 2 atom stereocenters. The number of carbonyl (C=O) groups excluding carboxylic acids is 1. The van der Waals surface area contributed by atoms with Crippen LogP contribution in [0.1, 0.15) is 18.2 Å². The molecule has 29 heavy (non-hydrogen) atoms. The van der Waals surface area contributed by atoms with Crippen LogP contribution in [-0.2, 0) is 37.5 Å². The van der Waals surface area contributed by atoms with Crippen LogP contribution in [0.25, 0.3) is 0 Å². The molecule has 2 rings (SSSR count). The Labute approximate surface area is 172 Å². The van der Waals surface area contributed by atoms with Crippen molar-refractivity contribution in [3.05, 3.63) is 66.0 Å². The fourth-order valence-electron chi connectivity index (χ4n) is 2.55. The van der Waals surface area contributed by atoms with Gasteiger partial charge in [-0.1, -0.05) is 36.4 Å². The topological polar surface area (TPSA) is 97.8 Å². The highest BCUT2D eigenvalue weighted by Gasteiger charge is 2.33. The summed E-state index contributed by atoms with van der Waals surface area (Å²) in [4.78, 5) is 16.4. The second-order valence-electron chi connectivity index (χ2n) is 6.52. The van der Waals surface area contributed by atoms with Crippen LogP contribution in [0, 0.1) is 0 Å². The highest BCUT2D eigenvalue weighted by Crippen LogP contribution is 2.10. The number of nitrogens with zero attached hydrogens (tertiary/aromatic N) is 2. The van der Waals surface area contributed by atoms with Crippen molar-refractivity contribution < 1.29 is 22.7 Å². The number of aromatic nitrogens is 1.